The quantitative estimate of drug-likeness (QED) is 0.449. The second-order valence-corrected chi connectivity index (χ2v) is 5.64. The number of rotatable bonds is 7. The Morgan fingerprint density at radius 3 is 2.54 bits per heavy atom. The van der Waals surface area contributed by atoms with Gasteiger partial charge in [-0.15, -0.1) is 0 Å². The number of hydrogen-bond donors (Lipinski definition) is 1. The standard InChI is InChI=1S/C18H15BrN2O3/c19-15-6-7-17(13(11-15)10-14(12-20)18(21)22)24-9-8-23-16-4-2-1-3-5-16/h1-7,10-11H,8-9H2,(H2,21,22). The summed E-state index contributed by atoms with van der Waals surface area (Å²) in [4.78, 5) is 11.2. The number of amides is 1. The Morgan fingerprint density at radius 2 is 1.88 bits per heavy atom. The van der Waals surface area contributed by atoms with Gasteiger partial charge in [0, 0.05) is 10.0 Å². The van der Waals surface area contributed by atoms with Gasteiger partial charge in [0.2, 0.25) is 0 Å². The summed E-state index contributed by atoms with van der Waals surface area (Å²) in [7, 11) is 0. The average molecular weight is 387 g/mol. The van der Waals surface area contributed by atoms with Crippen molar-refractivity contribution in [3.63, 3.8) is 0 Å². The van der Waals surface area contributed by atoms with Crippen molar-refractivity contribution < 1.29 is 14.3 Å². The molecule has 2 rings (SSSR count). The lowest BCUT2D eigenvalue weighted by Gasteiger charge is -2.11. The highest BCUT2D eigenvalue weighted by Crippen LogP contribution is 2.25. The van der Waals surface area contributed by atoms with Crippen molar-refractivity contribution in [1.82, 2.24) is 0 Å². The Balaban J connectivity index is 2.05. The number of hydrogen-bond acceptors (Lipinski definition) is 4. The predicted molar refractivity (Wildman–Crippen MR) is 94.4 cm³/mol. The van der Waals surface area contributed by atoms with Crippen LogP contribution in [0.5, 0.6) is 11.5 Å². The van der Waals surface area contributed by atoms with E-state index in [2.05, 4.69) is 15.9 Å². The normalized spacial score (nSPS) is 10.8. The van der Waals surface area contributed by atoms with E-state index in [0.29, 0.717) is 24.5 Å². The number of primary amides is 1. The molecule has 1 amide bonds. The van der Waals surface area contributed by atoms with Gasteiger partial charge in [-0.3, -0.25) is 4.79 Å². The molecule has 5 nitrogen and oxygen atoms in total. The van der Waals surface area contributed by atoms with Crippen LogP contribution in [0.2, 0.25) is 0 Å². The molecule has 0 aliphatic rings. The molecular formula is C18H15BrN2O3. The molecule has 0 aliphatic carbocycles. The number of para-hydroxylation sites is 1. The minimum atomic E-state index is -0.782. The lowest BCUT2D eigenvalue weighted by atomic mass is 10.1. The van der Waals surface area contributed by atoms with E-state index in [4.69, 9.17) is 20.5 Å². The summed E-state index contributed by atoms with van der Waals surface area (Å²) in [6.45, 7) is 0.681. The lowest BCUT2D eigenvalue weighted by Crippen LogP contribution is -2.13. The van der Waals surface area contributed by atoms with Gasteiger partial charge in [-0.05, 0) is 36.4 Å². The number of nitrogens with zero attached hydrogens (tertiary/aromatic N) is 1. The van der Waals surface area contributed by atoms with Gasteiger partial charge in [-0.25, -0.2) is 0 Å². The van der Waals surface area contributed by atoms with Crippen molar-refractivity contribution in [3.05, 3.63) is 64.1 Å². The van der Waals surface area contributed by atoms with Crippen LogP contribution in [-0.4, -0.2) is 19.1 Å². The molecule has 0 heterocycles. The van der Waals surface area contributed by atoms with E-state index >= 15 is 0 Å². The maximum atomic E-state index is 11.2. The van der Waals surface area contributed by atoms with Gasteiger partial charge in [0.25, 0.3) is 5.91 Å². The van der Waals surface area contributed by atoms with E-state index < -0.39 is 5.91 Å². The van der Waals surface area contributed by atoms with Crippen LogP contribution in [0.15, 0.2) is 58.6 Å². The molecule has 24 heavy (non-hydrogen) atoms. The molecule has 6 heteroatoms. The van der Waals surface area contributed by atoms with Crippen LogP contribution in [0, 0.1) is 11.3 Å². The van der Waals surface area contributed by atoms with Gasteiger partial charge in [0.05, 0.1) is 0 Å². The van der Waals surface area contributed by atoms with E-state index in [1.165, 1.54) is 6.08 Å². The van der Waals surface area contributed by atoms with Crippen LogP contribution in [0.3, 0.4) is 0 Å². The van der Waals surface area contributed by atoms with E-state index in [1.807, 2.05) is 30.3 Å². The molecule has 2 aromatic carbocycles. The highest BCUT2D eigenvalue weighted by molar-refractivity contribution is 9.10. The fraction of sp³-hybridized carbons (Fsp3) is 0.111. The van der Waals surface area contributed by atoms with Crippen molar-refractivity contribution in [2.75, 3.05) is 13.2 Å². The van der Waals surface area contributed by atoms with Gasteiger partial charge in [-0.1, -0.05) is 34.1 Å². The minimum absolute atomic E-state index is 0.140. The van der Waals surface area contributed by atoms with Crippen LogP contribution < -0.4 is 15.2 Å². The van der Waals surface area contributed by atoms with Crippen LogP contribution in [0.25, 0.3) is 6.08 Å². The van der Waals surface area contributed by atoms with Crippen LogP contribution in [0.4, 0.5) is 0 Å². The number of benzene rings is 2. The van der Waals surface area contributed by atoms with Gasteiger partial charge in [0.15, 0.2) is 0 Å². The highest BCUT2D eigenvalue weighted by atomic mass is 79.9. The molecule has 0 aliphatic heterocycles. The first kappa shape index (κ1) is 17.6. The second-order valence-electron chi connectivity index (χ2n) is 4.73. The molecule has 0 bridgehead atoms. The highest BCUT2D eigenvalue weighted by Gasteiger charge is 2.08. The van der Waals surface area contributed by atoms with Crippen molar-refractivity contribution in [2.24, 2.45) is 5.73 Å². The molecule has 2 aromatic rings. The number of nitrogens with two attached hydrogens (primary N) is 1. The topological polar surface area (TPSA) is 85.3 Å². The number of carbonyl (C=O) groups excluding carboxylic acids is 1. The Kier molecular flexibility index (Phi) is 6.41. The van der Waals surface area contributed by atoms with Crippen LogP contribution >= 0.6 is 15.9 Å². The predicted octanol–water partition coefficient (Wildman–Crippen LogP) is 3.30. The molecular weight excluding hydrogens is 372 g/mol. The fourth-order valence-electron chi connectivity index (χ4n) is 1.91. The van der Waals surface area contributed by atoms with Crippen LogP contribution in [0.1, 0.15) is 5.56 Å². The van der Waals surface area contributed by atoms with E-state index in [9.17, 15) is 4.79 Å². The molecule has 0 unspecified atom stereocenters. The molecule has 122 valence electrons. The smallest absolute Gasteiger partial charge is 0.259 e. The molecule has 0 fully saturated rings. The van der Waals surface area contributed by atoms with E-state index in [0.717, 1.165) is 10.2 Å². The van der Waals surface area contributed by atoms with Crippen LogP contribution in [-0.2, 0) is 4.79 Å². The summed E-state index contributed by atoms with van der Waals surface area (Å²) >= 11 is 3.35. The summed E-state index contributed by atoms with van der Waals surface area (Å²) in [6.07, 6.45) is 1.40. The third-order valence-corrected chi connectivity index (χ3v) is 3.50. The molecule has 0 saturated carbocycles. The van der Waals surface area contributed by atoms with Gasteiger partial charge < -0.3 is 15.2 Å². The first-order valence-corrected chi connectivity index (χ1v) is 7.91. The third kappa shape index (κ3) is 5.14. The lowest BCUT2D eigenvalue weighted by molar-refractivity contribution is -0.114. The summed E-state index contributed by atoms with van der Waals surface area (Å²) < 4.78 is 12.0. The molecule has 0 saturated heterocycles. The summed E-state index contributed by atoms with van der Waals surface area (Å²) in [5, 5.41) is 8.97. The Morgan fingerprint density at radius 1 is 1.17 bits per heavy atom. The Hall–Kier alpha value is -2.78. The first-order valence-electron chi connectivity index (χ1n) is 7.12. The molecule has 2 N–H and O–H groups in total. The monoisotopic (exact) mass is 386 g/mol. The molecule has 0 atom stereocenters. The summed E-state index contributed by atoms with van der Waals surface area (Å²) in [5.41, 5.74) is 5.61. The fourth-order valence-corrected chi connectivity index (χ4v) is 2.28. The number of carbonyl (C=O) groups is 1. The van der Waals surface area contributed by atoms with Crippen molar-refractivity contribution >= 4 is 27.9 Å². The summed E-state index contributed by atoms with van der Waals surface area (Å²) in [5.74, 6) is 0.511. The first-order chi connectivity index (χ1) is 11.6. The largest absolute Gasteiger partial charge is 0.490 e. The maximum absolute atomic E-state index is 11.2. The van der Waals surface area contributed by atoms with Gasteiger partial charge in [0.1, 0.15) is 36.4 Å². The zero-order chi connectivity index (χ0) is 17.4. The molecule has 0 spiro atoms. The number of halogens is 1. The van der Waals surface area contributed by atoms with Crippen molar-refractivity contribution in [2.45, 2.75) is 0 Å². The number of ether oxygens (including phenoxy) is 2. The van der Waals surface area contributed by atoms with Gasteiger partial charge in [-0.2, -0.15) is 5.26 Å². The minimum Gasteiger partial charge on any atom is -0.490 e. The molecule has 0 radical (unpaired) electrons. The Bertz CT molecular complexity index is 783. The Labute approximate surface area is 148 Å². The summed E-state index contributed by atoms with van der Waals surface area (Å²) in [6, 6.07) is 16.5. The SMILES string of the molecule is N#CC(=Cc1cc(Br)ccc1OCCOc1ccccc1)C(N)=O. The zero-order valence-corrected chi connectivity index (χ0v) is 14.3. The maximum Gasteiger partial charge on any atom is 0.259 e. The van der Waals surface area contributed by atoms with Crippen molar-refractivity contribution in [3.8, 4) is 17.6 Å². The molecule has 0 aromatic heterocycles. The van der Waals surface area contributed by atoms with Crippen molar-refractivity contribution in [1.29, 1.82) is 5.26 Å². The number of nitriles is 1. The third-order valence-electron chi connectivity index (χ3n) is 3.01. The van der Waals surface area contributed by atoms with Gasteiger partial charge >= 0.3 is 0 Å². The van der Waals surface area contributed by atoms with E-state index in [1.54, 1.807) is 24.3 Å². The zero-order valence-electron chi connectivity index (χ0n) is 12.7. The van der Waals surface area contributed by atoms with E-state index in [-0.39, 0.29) is 5.57 Å². The second kappa shape index (κ2) is 8.75. The average Bonchev–Trinajstić information content (AvgIpc) is 2.58.